The van der Waals surface area contributed by atoms with Gasteiger partial charge in [0.05, 0.1) is 0 Å². The summed E-state index contributed by atoms with van der Waals surface area (Å²) in [6.45, 7) is 6.14. The van der Waals surface area contributed by atoms with Crippen LogP contribution in [-0.2, 0) is 12.8 Å². The molecule has 0 amide bonds. The predicted octanol–water partition coefficient (Wildman–Crippen LogP) is 3.97. The molecular formula is C16H24N4S. The standard InChI is InChI=1S/C16H24N4S/c1-3-5-14-19-15(17-8-4-2)11-16(20-14)18-9-6-13-7-10-21-12-13/h7,10-12H,3-6,8-9H2,1-2H3,(H2,17,18,19,20). The summed E-state index contributed by atoms with van der Waals surface area (Å²) in [5.74, 6) is 2.76. The first-order chi connectivity index (χ1) is 10.3. The average molecular weight is 304 g/mol. The Hall–Kier alpha value is -1.62. The fourth-order valence-corrected chi connectivity index (χ4v) is 2.74. The lowest BCUT2D eigenvalue weighted by molar-refractivity contribution is 0.830. The largest absolute Gasteiger partial charge is 0.370 e. The summed E-state index contributed by atoms with van der Waals surface area (Å²) in [7, 11) is 0. The Kier molecular flexibility index (Phi) is 6.47. The molecule has 0 fully saturated rings. The van der Waals surface area contributed by atoms with Crippen LogP contribution in [0.5, 0.6) is 0 Å². The van der Waals surface area contributed by atoms with Gasteiger partial charge in [-0.1, -0.05) is 13.8 Å². The molecule has 2 rings (SSSR count). The molecule has 0 spiro atoms. The number of aryl methyl sites for hydroxylation is 1. The van der Waals surface area contributed by atoms with Crippen molar-refractivity contribution in [2.75, 3.05) is 23.7 Å². The minimum Gasteiger partial charge on any atom is -0.370 e. The number of hydrogen-bond donors (Lipinski definition) is 2. The number of hydrogen-bond acceptors (Lipinski definition) is 5. The maximum absolute atomic E-state index is 4.59. The van der Waals surface area contributed by atoms with Crippen molar-refractivity contribution in [3.63, 3.8) is 0 Å². The Morgan fingerprint density at radius 2 is 1.76 bits per heavy atom. The summed E-state index contributed by atoms with van der Waals surface area (Å²) < 4.78 is 0. The van der Waals surface area contributed by atoms with Crippen molar-refractivity contribution in [2.24, 2.45) is 0 Å². The number of rotatable bonds is 9. The first-order valence-electron chi connectivity index (χ1n) is 7.68. The monoisotopic (exact) mass is 304 g/mol. The number of nitrogens with one attached hydrogen (secondary N) is 2. The Balaban J connectivity index is 1.97. The van der Waals surface area contributed by atoms with E-state index in [1.807, 2.05) is 6.07 Å². The van der Waals surface area contributed by atoms with Gasteiger partial charge in [0.15, 0.2) is 0 Å². The van der Waals surface area contributed by atoms with Crippen LogP contribution in [0.25, 0.3) is 0 Å². The SMILES string of the molecule is CCCNc1cc(NCCc2ccsc2)nc(CCC)n1. The fourth-order valence-electron chi connectivity index (χ4n) is 2.04. The van der Waals surface area contributed by atoms with Crippen molar-refractivity contribution >= 4 is 23.0 Å². The summed E-state index contributed by atoms with van der Waals surface area (Å²) in [4.78, 5) is 9.15. The van der Waals surface area contributed by atoms with E-state index in [0.717, 1.165) is 56.2 Å². The van der Waals surface area contributed by atoms with E-state index >= 15 is 0 Å². The summed E-state index contributed by atoms with van der Waals surface area (Å²) in [6, 6.07) is 4.17. The molecule has 2 aromatic heterocycles. The van der Waals surface area contributed by atoms with Gasteiger partial charge in [-0.25, -0.2) is 9.97 Å². The van der Waals surface area contributed by atoms with Gasteiger partial charge >= 0.3 is 0 Å². The predicted molar refractivity (Wildman–Crippen MR) is 91.3 cm³/mol. The van der Waals surface area contributed by atoms with Crippen LogP contribution in [-0.4, -0.2) is 23.1 Å². The molecule has 0 aliphatic rings. The lowest BCUT2D eigenvalue weighted by Gasteiger charge is -2.10. The van der Waals surface area contributed by atoms with Crippen molar-refractivity contribution in [3.05, 3.63) is 34.3 Å². The highest BCUT2D eigenvalue weighted by Gasteiger charge is 2.04. The van der Waals surface area contributed by atoms with Gasteiger partial charge in [0, 0.05) is 25.6 Å². The van der Waals surface area contributed by atoms with Crippen LogP contribution in [0, 0.1) is 0 Å². The van der Waals surface area contributed by atoms with Crippen LogP contribution >= 0.6 is 11.3 Å². The Labute approximate surface area is 131 Å². The van der Waals surface area contributed by atoms with Gasteiger partial charge in [-0.2, -0.15) is 11.3 Å². The molecule has 0 saturated carbocycles. The van der Waals surface area contributed by atoms with Crippen LogP contribution in [0.3, 0.4) is 0 Å². The van der Waals surface area contributed by atoms with Gasteiger partial charge in [-0.3, -0.25) is 0 Å². The van der Waals surface area contributed by atoms with Crippen LogP contribution in [0.2, 0.25) is 0 Å². The molecule has 0 unspecified atom stereocenters. The topological polar surface area (TPSA) is 49.8 Å². The van der Waals surface area contributed by atoms with Crippen LogP contribution in [0.4, 0.5) is 11.6 Å². The summed E-state index contributed by atoms with van der Waals surface area (Å²) in [6.07, 6.45) is 4.09. The minimum absolute atomic E-state index is 0.895. The maximum Gasteiger partial charge on any atom is 0.133 e. The van der Waals surface area contributed by atoms with Gasteiger partial charge in [0.2, 0.25) is 0 Å². The second-order valence-corrected chi connectivity index (χ2v) is 5.82. The van der Waals surface area contributed by atoms with Crippen molar-refractivity contribution in [2.45, 2.75) is 39.5 Å². The quantitative estimate of drug-likeness (QED) is 0.736. The zero-order valence-corrected chi connectivity index (χ0v) is 13.7. The van der Waals surface area contributed by atoms with E-state index in [9.17, 15) is 0 Å². The van der Waals surface area contributed by atoms with E-state index in [1.54, 1.807) is 11.3 Å². The maximum atomic E-state index is 4.59. The minimum atomic E-state index is 0.895. The molecule has 21 heavy (non-hydrogen) atoms. The van der Waals surface area contributed by atoms with Gasteiger partial charge < -0.3 is 10.6 Å². The molecule has 114 valence electrons. The fraction of sp³-hybridized carbons (Fsp3) is 0.500. The zero-order chi connectivity index (χ0) is 14.9. The molecule has 0 bridgehead atoms. The summed E-state index contributed by atoms with van der Waals surface area (Å²) >= 11 is 1.74. The van der Waals surface area contributed by atoms with Crippen molar-refractivity contribution in [1.82, 2.24) is 9.97 Å². The van der Waals surface area contributed by atoms with Crippen LogP contribution in [0.1, 0.15) is 38.1 Å². The Morgan fingerprint density at radius 3 is 2.38 bits per heavy atom. The molecule has 2 aromatic rings. The second kappa shape index (κ2) is 8.62. The third-order valence-electron chi connectivity index (χ3n) is 3.10. The number of anilines is 2. The van der Waals surface area contributed by atoms with Gasteiger partial charge in [0.25, 0.3) is 0 Å². The average Bonchev–Trinajstić information content (AvgIpc) is 2.99. The lowest BCUT2D eigenvalue weighted by Crippen LogP contribution is -2.10. The number of thiophene rings is 1. The van der Waals surface area contributed by atoms with Crippen molar-refractivity contribution in [3.8, 4) is 0 Å². The van der Waals surface area contributed by atoms with E-state index in [4.69, 9.17) is 0 Å². The molecule has 0 aromatic carbocycles. The van der Waals surface area contributed by atoms with Crippen LogP contribution < -0.4 is 10.6 Å². The lowest BCUT2D eigenvalue weighted by atomic mass is 10.2. The molecule has 0 radical (unpaired) electrons. The van der Waals surface area contributed by atoms with E-state index < -0.39 is 0 Å². The number of aromatic nitrogens is 2. The first-order valence-corrected chi connectivity index (χ1v) is 8.63. The third kappa shape index (κ3) is 5.34. The molecule has 0 aliphatic carbocycles. The first kappa shape index (κ1) is 15.8. The van der Waals surface area contributed by atoms with Crippen molar-refractivity contribution in [1.29, 1.82) is 0 Å². The molecule has 0 atom stereocenters. The van der Waals surface area contributed by atoms with Gasteiger partial charge in [-0.15, -0.1) is 0 Å². The summed E-state index contributed by atoms with van der Waals surface area (Å²) in [5.41, 5.74) is 1.37. The molecule has 2 N–H and O–H groups in total. The van der Waals surface area contributed by atoms with E-state index in [1.165, 1.54) is 5.56 Å². The highest BCUT2D eigenvalue weighted by Crippen LogP contribution is 2.13. The van der Waals surface area contributed by atoms with Crippen molar-refractivity contribution < 1.29 is 0 Å². The second-order valence-electron chi connectivity index (χ2n) is 5.04. The highest BCUT2D eigenvalue weighted by atomic mass is 32.1. The highest BCUT2D eigenvalue weighted by molar-refractivity contribution is 7.07. The molecule has 5 heteroatoms. The van der Waals surface area contributed by atoms with E-state index in [2.05, 4.69) is 51.3 Å². The third-order valence-corrected chi connectivity index (χ3v) is 3.83. The van der Waals surface area contributed by atoms with E-state index in [0.29, 0.717) is 0 Å². The molecule has 0 aliphatic heterocycles. The Bertz CT molecular complexity index is 525. The Morgan fingerprint density at radius 1 is 1.00 bits per heavy atom. The normalized spacial score (nSPS) is 10.6. The molecule has 0 saturated heterocycles. The van der Waals surface area contributed by atoms with Gasteiger partial charge in [-0.05, 0) is 41.7 Å². The molecular weight excluding hydrogens is 280 g/mol. The molecule has 4 nitrogen and oxygen atoms in total. The number of nitrogens with zero attached hydrogens (tertiary/aromatic N) is 2. The molecule has 2 heterocycles. The zero-order valence-electron chi connectivity index (χ0n) is 12.9. The smallest absolute Gasteiger partial charge is 0.133 e. The van der Waals surface area contributed by atoms with Crippen LogP contribution in [0.15, 0.2) is 22.9 Å². The van der Waals surface area contributed by atoms with Gasteiger partial charge in [0.1, 0.15) is 17.5 Å². The van der Waals surface area contributed by atoms with E-state index in [-0.39, 0.29) is 0 Å². The summed E-state index contributed by atoms with van der Waals surface area (Å²) in [5, 5.41) is 11.1.